The lowest BCUT2D eigenvalue weighted by Gasteiger charge is -2.15. The van der Waals surface area contributed by atoms with Gasteiger partial charge in [0.15, 0.2) is 0 Å². The van der Waals surface area contributed by atoms with E-state index in [4.69, 9.17) is 32.5 Å². The molecule has 0 spiro atoms. The molecule has 1 aliphatic carbocycles. The summed E-state index contributed by atoms with van der Waals surface area (Å²) < 4.78 is 15.0. The molecule has 0 aromatic heterocycles. The fourth-order valence-electron chi connectivity index (χ4n) is 2.47. The van der Waals surface area contributed by atoms with Crippen LogP contribution in [-0.4, -0.2) is 4.55 Å². The van der Waals surface area contributed by atoms with Crippen molar-refractivity contribution in [3.63, 3.8) is 0 Å². The van der Waals surface area contributed by atoms with Gasteiger partial charge >= 0.3 is 0 Å². The summed E-state index contributed by atoms with van der Waals surface area (Å²) in [4.78, 5) is 0.787. The summed E-state index contributed by atoms with van der Waals surface area (Å²) in [6.45, 7) is 0. The summed E-state index contributed by atoms with van der Waals surface area (Å²) in [7, 11) is 0. The Morgan fingerprint density at radius 3 is 2.60 bits per heavy atom. The van der Waals surface area contributed by atoms with E-state index in [1.54, 1.807) is 6.07 Å². The molecule has 0 heterocycles. The first-order valence-corrected chi connectivity index (χ1v) is 7.76. The second kappa shape index (κ2) is 5.86. The second-order valence-corrected chi connectivity index (χ2v) is 6.16. The minimum atomic E-state index is -0.0196. The average Bonchev–Trinajstić information content (AvgIpc) is 2.83. The number of hydrogen-bond acceptors (Lipinski definition) is 3. The lowest BCUT2D eigenvalue weighted by atomic mass is 10.1. The van der Waals surface area contributed by atoms with Gasteiger partial charge in [0.1, 0.15) is 11.9 Å². The van der Waals surface area contributed by atoms with E-state index in [-0.39, 0.29) is 6.10 Å². The summed E-state index contributed by atoms with van der Waals surface area (Å²) in [5.74, 6) is 0.775. The van der Waals surface area contributed by atoms with Gasteiger partial charge in [0.25, 0.3) is 0 Å². The molecule has 104 valence electrons. The van der Waals surface area contributed by atoms with Crippen LogP contribution < -0.4 is 4.74 Å². The van der Waals surface area contributed by atoms with Crippen LogP contribution in [0.1, 0.15) is 23.7 Å². The Kier molecular flexibility index (Phi) is 4.13. The van der Waals surface area contributed by atoms with Crippen LogP contribution in [0.15, 0.2) is 41.3 Å². The van der Waals surface area contributed by atoms with Crippen molar-refractivity contribution in [2.75, 3.05) is 0 Å². The van der Waals surface area contributed by atoms with Crippen LogP contribution in [0, 0.1) is 0 Å². The number of rotatable bonds is 3. The van der Waals surface area contributed by atoms with Crippen molar-refractivity contribution in [3.05, 3.63) is 57.6 Å². The molecule has 0 bridgehead atoms. The third-order valence-corrected chi connectivity index (χ3v) is 4.44. The summed E-state index contributed by atoms with van der Waals surface area (Å²) in [5.41, 5.74) is 2.20. The van der Waals surface area contributed by atoms with Crippen molar-refractivity contribution in [2.24, 2.45) is 0 Å². The maximum absolute atomic E-state index is 8.95. The van der Waals surface area contributed by atoms with Gasteiger partial charge in [0.2, 0.25) is 0 Å². The van der Waals surface area contributed by atoms with E-state index in [0.717, 1.165) is 46.7 Å². The molecule has 2 nitrogen and oxygen atoms in total. The highest BCUT2D eigenvalue weighted by atomic mass is 35.5. The van der Waals surface area contributed by atoms with E-state index in [1.165, 1.54) is 0 Å². The topological polar surface area (TPSA) is 29.5 Å². The molecular weight excluding hydrogens is 315 g/mol. The highest BCUT2D eigenvalue weighted by Gasteiger charge is 2.26. The van der Waals surface area contributed by atoms with Crippen LogP contribution in [0.4, 0.5) is 0 Å². The molecule has 2 aromatic rings. The third-order valence-electron chi connectivity index (χ3n) is 3.41. The smallest absolute Gasteiger partial charge is 0.124 e. The highest BCUT2D eigenvalue weighted by molar-refractivity contribution is 7.93. The van der Waals surface area contributed by atoms with Crippen molar-refractivity contribution < 1.29 is 9.29 Å². The Hall–Kier alpha value is -0.870. The molecule has 20 heavy (non-hydrogen) atoms. The minimum Gasteiger partial charge on any atom is -0.486 e. The quantitative estimate of drug-likeness (QED) is 0.741. The summed E-state index contributed by atoms with van der Waals surface area (Å²) in [6.07, 6.45) is 1.78. The average molecular weight is 327 g/mol. The number of ether oxygens (including phenoxy) is 1. The number of benzene rings is 2. The fraction of sp³-hybridized carbons (Fsp3) is 0.200. The van der Waals surface area contributed by atoms with E-state index in [0.29, 0.717) is 10.0 Å². The monoisotopic (exact) mass is 326 g/mol. The summed E-state index contributed by atoms with van der Waals surface area (Å²) in [5, 5.41) is 1.35. The fourth-order valence-corrected chi connectivity index (χ4v) is 3.33. The molecular formula is C15H12Cl2O2S. The van der Waals surface area contributed by atoms with E-state index >= 15 is 0 Å². The first kappa shape index (κ1) is 14.1. The lowest BCUT2D eigenvalue weighted by molar-refractivity contribution is 0.207. The molecule has 0 radical (unpaired) electrons. The predicted molar refractivity (Wildman–Crippen MR) is 83.1 cm³/mol. The normalized spacial score (nSPS) is 17.1. The Balaban J connectivity index is 1.84. The second-order valence-electron chi connectivity index (χ2n) is 4.66. The van der Waals surface area contributed by atoms with E-state index in [1.807, 2.05) is 30.3 Å². The summed E-state index contributed by atoms with van der Waals surface area (Å²) in [6, 6.07) is 11.0. The van der Waals surface area contributed by atoms with Gasteiger partial charge in [-0.25, -0.2) is 0 Å². The Bertz CT molecular complexity index is 629. The van der Waals surface area contributed by atoms with E-state index in [2.05, 4.69) is 0 Å². The van der Waals surface area contributed by atoms with E-state index < -0.39 is 0 Å². The Morgan fingerprint density at radius 2 is 1.90 bits per heavy atom. The van der Waals surface area contributed by atoms with Gasteiger partial charge in [-0.2, -0.15) is 0 Å². The van der Waals surface area contributed by atoms with Crippen molar-refractivity contribution in [1.29, 1.82) is 0 Å². The van der Waals surface area contributed by atoms with Crippen LogP contribution in [0.25, 0.3) is 0 Å². The molecule has 1 aliphatic rings. The van der Waals surface area contributed by atoms with Gasteiger partial charge in [-0.05, 0) is 60.4 Å². The third kappa shape index (κ3) is 2.77. The maximum Gasteiger partial charge on any atom is 0.124 e. The molecule has 0 saturated heterocycles. The lowest BCUT2D eigenvalue weighted by Crippen LogP contribution is -2.03. The number of fused-ring (bicyclic) bond motifs is 1. The molecule has 3 rings (SSSR count). The van der Waals surface area contributed by atoms with Crippen molar-refractivity contribution >= 4 is 35.2 Å². The first-order chi connectivity index (χ1) is 9.67. The van der Waals surface area contributed by atoms with Crippen molar-refractivity contribution in [2.45, 2.75) is 23.8 Å². The molecule has 0 aliphatic heterocycles. The SMILES string of the molecule is OSc1ccc(OC2CCc3c(Cl)cc(Cl)cc32)cc1. The van der Waals surface area contributed by atoms with E-state index in [9.17, 15) is 0 Å². The molecule has 2 aromatic carbocycles. The largest absolute Gasteiger partial charge is 0.486 e. The minimum absolute atomic E-state index is 0.0196. The molecule has 1 unspecified atom stereocenters. The number of hydrogen-bond donors (Lipinski definition) is 1. The Morgan fingerprint density at radius 1 is 1.15 bits per heavy atom. The molecule has 0 saturated carbocycles. The first-order valence-electron chi connectivity index (χ1n) is 6.23. The maximum atomic E-state index is 8.95. The number of halogens is 2. The van der Waals surface area contributed by atoms with Crippen molar-refractivity contribution in [1.82, 2.24) is 0 Å². The molecule has 5 heteroatoms. The van der Waals surface area contributed by atoms with Crippen LogP contribution in [-0.2, 0) is 6.42 Å². The zero-order chi connectivity index (χ0) is 14.1. The Labute approximate surface area is 131 Å². The van der Waals surface area contributed by atoms with Gasteiger partial charge in [-0.15, -0.1) is 0 Å². The van der Waals surface area contributed by atoms with Gasteiger partial charge in [-0.1, -0.05) is 23.2 Å². The van der Waals surface area contributed by atoms with Crippen LogP contribution >= 0.6 is 35.2 Å². The van der Waals surface area contributed by atoms with Crippen LogP contribution in [0.2, 0.25) is 10.0 Å². The summed E-state index contributed by atoms with van der Waals surface area (Å²) >= 11 is 13.0. The van der Waals surface area contributed by atoms with Gasteiger partial charge < -0.3 is 9.29 Å². The highest BCUT2D eigenvalue weighted by Crippen LogP contribution is 2.40. The van der Waals surface area contributed by atoms with Gasteiger partial charge in [-0.3, -0.25) is 0 Å². The predicted octanol–water partition coefficient (Wildman–Crippen LogP) is 5.62. The zero-order valence-electron chi connectivity index (χ0n) is 10.5. The van der Waals surface area contributed by atoms with Gasteiger partial charge in [0, 0.05) is 27.0 Å². The van der Waals surface area contributed by atoms with Crippen LogP contribution in [0.3, 0.4) is 0 Å². The van der Waals surface area contributed by atoms with Crippen molar-refractivity contribution in [3.8, 4) is 5.75 Å². The standard InChI is InChI=1S/C15H12Cl2O2S/c16-9-7-13-12(14(17)8-9)5-6-15(13)19-10-1-3-11(20-18)4-2-10/h1-4,7-8,15,18H,5-6H2. The molecule has 1 atom stereocenters. The molecule has 1 N–H and O–H groups in total. The van der Waals surface area contributed by atoms with Gasteiger partial charge in [0.05, 0.1) is 0 Å². The molecule has 0 fully saturated rings. The van der Waals surface area contributed by atoms with Crippen LogP contribution in [0.5, 0.6) is 5.75 Å². The molecule has 0 amide bonds. The zero-order valence-corrected chi connectivity index (χ0v) is 12.8.